The lowest BCUT2D eigenvalue weighted by Gasteiger charge is -2.21. The molecule has 86 valence electrons. The second kappa shape index (κ2) is 4.38. The fraction of sp³-hybridized carbons (Fsp3) is 0.500. The third kappa shape index (κ3) is 1.90. The maximum Gasteiger partial charge on any atom is 0.169 e. The van der Waals surface area contributed by atoms with Crippen LogP contribution in [0, 0.1) is 5.41 Å². The van der Waals surface area contributed by atoms with E-state index in [4.69, 9.17) is 5.73 Å². The topological polar surface area (TPSA) is 43.1 Å². The number of benzene rings is 1. The van der Waals surface area contributed by atoms with E-state index in [-0.39, 0.29) is 5.41 Å². The number of fused-ring (bicyclic) bond motifs is 1. The molecule has 0 heterocycles. The van der Waals surface area contributed by atoms with Crippen LogP contribution in [0.3, 0.4) is 0 Å². The van der Waals surface area contributed by atoms with E-state index in [9.17, 15) is 4.79 Å². The summed E-state index contributed by atoms with van der Waals surface area (Å²) in [6.45, 7) is 2.81. The molecule has 2 rings (SSSR count). The number of carbonyl (C=O) groups is 1. The Labute approximate surface area is 96.8 Å². The van der Waals surface area contributed by atoms with Gasteiger partial charge in [-0.15, -0.1) is 0 Å². The summed E-state index contributed by atoms with van der Waals surface area (Å²) in [5.74, 6) is 0.320. The van der Waals surface area contributed by atoms with Crippen molar-refractivity contribution in [3.63, 3.8) is 0 Å². The third-order valence-corrected chi connectivity index (χ3v) is 3.57. The number of hydrogen-bond donors (Lipinski definition) is 1. The minimum atomic E-state index is -0.182. The maximum atomic E-state index is 12.3. The van der Waals surface area contributed by atoms with Gasteiger partial charge in [-0.25, -0.2) is 0 Å². The second-order valence-electron chi connectivity index (χ2n) is 4.97. The highest BCUT2D eigenvalue weighted by molar-refractivity contribution is 6.04. The smallest absolute Gasteiger partial charge is 0.169 e. The fourth-order valence-electron chi connectivity index (χ4n) is 2.58. The number of Topliss-reactive ketones (excluding diaryl/α,β-unsaturated/α-hetero) is 1. The minimum absolute atomic E-state index is 0.182. The maximum absolute atomic E-state index is 12.3. The normalized spacial score (nSPS) is 23.5. The van der Waals surface area contributed by atoms with Gasteiger partial charge in [0, 0.05) is 11.0 Å². The number of unbranched alkanes of at least 4 members (excludes halogenated alkanes) is 1. The van der Waals surface area contributed by atoms with E-state index in [1.165, 1.54) is 5.56 Å². The molecule has 1 aromatic carbocycles. The van der Waals surface area contributed by atoms with Crippen LogP contribution in [0.15, 0.2) is 24.3 Å². The highest BCUT2D eigenvalue weighted by Gasteiger charge is 2.40. The molecule has 1 unspecified atom stereocenters. The summed E-state index contributed by atoms with van der Waals surface area (Å²) in [5, 5.41) is 0. The molecule has 0 saturated carbocycles. The van der Waals surface area contributed by atoms with Crippen molar-refractivity contribution in [1.29, 1.82) is 0 Å². The summed E-state index contributed by atoms with van der Waals surface area (Å²) in [7, 11) is 0. The molecule has 2 nitrogen and oxygen atoms in total. The Morgan fingerprint density at radius 2 is 2.06 bits per heavy atom. The summed E-state index contributed by atoms with van der Waals surface area (Å²) in [6.07, 6.45) is 3.91. The van der Waals surface area contributed by atoms with Crippen molar-refractivity contribution in [2.24, 2.45) is 11.1 Å². The molecule has 2 heteroatoms. The van der Waals surface area contributed by atoms with Crippen LogP contribution < -0.4 is 5.73 Å². The van der Waals surface area contributed by atoms with E-state index in [1.807, 2.05) is 18.2 Å². The zero-order chi connectivity index (χ0) is 11.6. The molecule has 1 atom stereocenters. The molecule has 0 saturated heterocycles. The van der Waals surface area contributed by atoms with Crippen molar-refractivity contribution in [2.75, 3.05) is 6.54 Å². The van der Waals surface area contributed by atoms with Crippen LogP contribution in [-0.2, 0) is 6.42 Å². The molecule has 0 aliphatic heterocycles. The lowest BCUT2D eigenvalue weighted by atomic mass is 9.81. The van der Waals surface area contributed by atoms with Gasteiger partial charge in [0.05, 0.1) is 0 Å². The Balaban J connectivity index is 2.13. The van der Waals surface area contributed by atoms with E-state index in [0.29, 0.717) is 5.78 Å². The van der Waals surface area contributed by atoms with Crippen LogP contribution in [0.1, 0.15) is 42.1 Å². The Hall–Kier alpha value is -1.15. The summed E-state index contributed by atoms with van der Waals surface area (Å²) >= 11 is 0. The predicted octanol–water partition coefficient (Wildman–Crippen LogP) is 2.56. The van der Waals surface area contributed by atoms with Gasteiger partial charge in [-0.05, 0) is 31.4 Å². The molecular weight excluding hydrogens is 198 g/mol. The van der Waals surface area contributed by atoms with Gasteiger partial charge in [0.15, 0.2) is 5.78 Å². The molecule has 0 aromatic heterocycles. The molecule has 0 bridgehead atoms. The number of nitrogens with two attached hydrogens (primary N) is 1. The lowest BCUT2D eigenvalue weighted by Crippen LogP contribution is -2.24. The van der Waals surface area contributed by atoms with E-state index in [1.54, 1.807) is 0 Å². The van der Waals surface area contributed by atoms with Crippen LogP contribution in [0.25, 0.3) is 0 Å². The molecule has 16 heavy (non-hydrogen) atoms. The number of rotatable bonds is 4. The van der Waals surface area contributed by atoms with Gasteiger partial charge in [0.2, 0.25) is 0 Å². The van der Waals surface area contributed by atoms with Crippen LogP contribution in [0.4, 0.5) is 0 Å². The fourth-order valence-corrected chi connectivity index (χ4v) is 2.58. The van der Waals surface area contributed by atoms with Crippen LogP contribution >= 0.6 is 0 Å². The summed E-state index contributed by atoms with van der Waals surface area (Å²) < 4.78 is 0. The van der Waals surface area contributed by atoms with Crippen molar-refractivity contribution >= 4 is 5.78 Å². The van der Waals surface area contributed by atoms with E-state index in [2.05, 4.69) is 13.0 Å². The first-order valence-electron chi connectivity index (χ1n) is 6.00. The first kappa shape index (κ1) is 11.3. The summed E-state index contributed by atoms with van der Waals surface area (Å²) in [5.41, 5.74) is 7.45. The average molecular weight is 217 g/mol. The summed E-state index contributed by atoms with van der Waals surface area (Å²) in [4.78, 5) is 12.3. The zero-order valence-corrected chi connectivity index (χ0v) is 9.83. The lowest BCUT2D eigenvalue weighted by molar-refractivity contribution is 0.0826. The predicted molar refractivity (Wildman–Crippen MR) is 65.5 cm³/mol. The third-order valence-electron chi connectivity index (χ3n) is 3.57. The highest BCUT2D eigenvalue weighted by Crippen LogP contribution is 2.40. The van der Waals surface area contributed by atoms with Gasteiger partial charge in [0.1, 0.15) is 0 Å². The second-order valence-corrected chi connectivity index (χ2v) is 4.97. The largest absolute Gasteiger partial charge is 0.330 e. The van der Waals surface area contributed by atoms with Crippen molar-refractivity contribution in [3.05, 3.63) is 35.4 Å². The van der Waals surface area contributed by atoms with E-state index < -0.39 is 0 Å². The Morgan fingerprint density at radius 1 is 1.31 bits per heavy atom. The Bertz CT molecular complexity index is 399. The average Bonchev–Trinajstić information content (AvgIpc) is 2.53. The van der Waals surface area contributed by atoms with Gasteiger partial charge in [-0.3, -0.25) is 4.79 Å². The minimum Gasteiger partial charge on any atom is -0.330 e. The van der Waals surface area contributed by atoms with E-state index >= 15 is 0 Å². The molecular formula is C14H19NO. The SMILES string of the molecule is CC1(CCCCN)Cc2ccccc2C1=O. The molecule has 2 N–H and O–H groups in total. The molecule has 1 aliphatic carbocycles. The van der Waals surface area contributed by atoms with Gasteiger partial charge >= 0.3 is 0 Å². The van der Waals surface area contributed by atoms with Crippen molar-refractivity contribution in [1.82, 2.24) is 0 Å². The first-order valence-corrected chi connectivity index (χ1v) is 6.00. The number of carbonyl (C=O) groups excluding carboxylic acids is 1. The highest BCUT2D eigenvalue weighted by atomic mass is 16.1. The molecule has 0 spiro atoms. The first-order chi connectivity index (χ1) is 7.67. The molecule has 1 aliphatic rings. The van der Waals surface area contributed by atoms with E-state index in [0.717, 1.165) is 37.8 Å². The molecule has 0 amide bonds. The molecule has 1 aromatic rings. The standard InChI is InChI=1S/C14H19NO/c1-14(8-4-5-9-15)10-11-6-2-3-7-12(11)13(14)16/h2-3,6-7H,4-5,8-10,15H2,1H3. The molecule has 0 fully saturated rings. The van der Waals surface area contributed by atoms with Crippen LogP contribution in [0.2, 0.25) is 0 Å². The van der Waals surface area contributed by atoms with Crippen molar-refractivity contribution in [3.8, 4) is 0 Å². The number of ketones is 1. The Morgan fingerprint density at radius 3 is 2.75 bits per heavy atom. The van der Waals surface area contributed by atoms with Crippen molar-refractivity contribution in [2.45, 2.75) is 32.6 Å². The van der Waals surface area contributed by atoms with Gasteiger partial charge < -0.3 is 5.73 Å². The summed E-state index contributed by atoms with van der Waals surface area (Å²) in [6, 6.07) is 7.98. The number of hydrogen-bond acceptors (Lipinski definition) is 2. The monoisotopic (exact) mass is 217 g/mol. The quantitative estimate of drug-likeness (QED) is 0.788. The van der Waals surface area contributed by atoms with Crippen LogP contribution in [0.5, 0.6) is 0 Å². The van der Waals surface area contributed by atoms with Gasteiger partial charge in [0.25, 0.3) is 0 Å². The van der Waals surface area contributed by atoms with Crippen molar-refractivity contribution < 1.29 is 4.79 Å². The van der Waals surface area contributed by atoms with Gasteiger partial charge in [-0.2, -0.15) is 0 Å². The zero-order valence-electron chi connectivity index (χ0n) is 9.83. The van der Waals surface area contributed by atoms with Crippen LogP contribution in [-0.4, -0.2) is 12.3 Å². The Kier molecular flexibility index (Phi) is 3.10. The van der Waals surface area contributed by atoms with Gasteiger partial charge in [-0.1, -0.05) is 37.6 Å². The molecule has 0 radical (unpaired) electrons.